The number of piperazine rings is 1. The van der Waals surface area contributed by atoms with Crippen molar-refractivity contribution in [3.8, 4) is 0 Å². The van der Waals surface area contributed by atoms with Gasteiger partial charge in [-0.05, 0) is 23.7 Å². The highest BCUT2D eigenvalue weighted by Crippen LogP contribution is 2.47. The number of likely N-dealkylation sites (N-methyl/N-ethyl adjacent to an activating group) is 1. The van der Waals surface area contributed by atoms with Gasteiger partial charge in [0.1, 0.15) is 0 Å². The summed E-state index contributed by atoms with van der Waals surface area (Å²) >= 11 is 0. The molecule has 1 saturated heterocycles. The molecule has 2 aromatic rings. The van der Waals surface area contributed by atoms with Crippen LogP contribution >= 0.6 is 0 Å². The van der Waals surface area contributed by atoms with Crippen LogP contribution in [0.4, 0.5) is 0 Å². The lowest BCUT2D eigenvalue weighted by Gasteiger charge is -2.38. The Hall–Kier alpha value is -1.64. The summed E-state index contributed by atoms with van der Waals surface area (Å²) in [6.07, 6.45) is 0. The standard InChI is InChI=1S/C18H20N2/c1-20-12-11-19-17-16(13-7-3-2-4-8-13)14-9-5-6-10-15(14)18(17)20/h2-10,16-19H,11-12H2,1H3/t16-,17+,18+/m0/s1. The Morgan fingerprint density at radius 1 is 0.950 bits per heavy atom. The molecular weight excluding hydrogens is 244 g/mol. The van der Waals surface area contributed by atoms with Gasteiger partial charge in [0.2, 0.25) is 0 Å². The molecule has 3 atom stereocenters. The third-order valence-electron chi connectivity index (χ3n) is 4.83. The van der Waals surface area contributed by atoms with Gasteiger partial charge in [-0.25, -0.2) is 0 Å². The number of nitrogens with zero attached hydrogens (tertiary/aromatic N) is 1. The molecular formula is C18H20N2. The maximum atomic E-state index is 3.77. The molecule has 102 valence electrons. The summed E-state index contributed by atoms with van der Waals surface area (Å²) in [7, 11) is 2.25. The summed E-state index contributed by atoms with van der Waals surface area (Å²) < 4.78 is 0. The Morgan fingerprint density at radius 3 is 2.45 bits per heavy atom. The lowest BCUT2D eigenvalue weighted by atomic mass is 9.89. The number of fused-ring (bicyclic) bond motifs is 3. The highest BCUT2D eigenvalue weighted by Gasteiger charge is 2.44. The van der Waals surface area contributed by atoms with Gasteiger partial charge in [-0.2, -0.15) is 0 Å². The van der Waals surface area contributed by atoms with Gasteiger partial charge in [-0.15, -0.1) is 0 Å². The Balaban J connectivity index is 1.86. The zero-order valence-electron chi connectivity index (χ0n) is 11.8. The molecule has 2 aromatic carbocycles. The number of rotatable bonds is 1. The van der Waals surface area contributed by atoms with E-state index in [2.05, 4.69) is 71.9 Å². The van der Waals surface area contributed by atoms with Gasteiger partial charge in [-0.3, -0.25) is 4.90 Å². The predicted octanol–water partition coefficient (Wildman–Crippen LogP) is 2.78. The second-order valence-corrected chi connectivity index (χ2v) is 5.92. The molecule has 0 amide bonds. The van der Waals surface area contributed by atoms with Crippen LogP contribution in [-0.4, -0.2) is 31.1 Å². The fraction of sp³-hybridized carbons (Fsp3) is 0.333. The van der Waals surface area contributed by atoms with Crippen molar-refractivity contribution in [3.05, 3.63) is 71.3 Å². The average Bonchev–Trinajstić information content (AvgIpc) is 2.84. The molecule has 0 unspecified atom stereocenters. The van der Waals surface area contributed by atoms with E-state index < -0.39 is 0 Å². The Labute approximate surface area is 120 Å². The van der Waals surface area contributed by atoms with Gasteiger partial charge in [0, 0.05) is 25.0 Å². The van der Waals surface area contributed by atoms with Gasteiger partial charge in [0.25, 0.3) is 0 Å². The van der Waals surface area contributed by atoms with Gasteiger partial charge < -0.3 is 5.32 Å². The SMILES string of the molecule is CN1CCN[C@@H]2[C@@H](c3ccccc3)c3ccccc3[C@H]21. The van der Waals surface area contributed by atoms with Crippen LogP contribution < -0.4 is 5.32 Å². The number of benzene rings is 2. The van der Waals surface area contributed by atoms with E-state index in [1.54, 1.807) is 0 Å². The molecule has 1 aliphatic heterocycles. The predicted molar refractivity (Wildman–Crippen MR) is 81.9 cm³/mol. The van der Waals surface area contributed by atoms with Crippen molar-refractivity contribution in [1.29, 1.82) is 0 Å². The van der Waals surface area contributed by atoms with E-state index in [1.807, 2.05) is 0 Å². The normalized spacial score (nSPS) is 28.9. The maximum Gasteiger partial charge on any atom is 0.0511 e. The summed E-state index contributed by atoms with van der Waals surface area (Å²) in [6, 6.07) is 20.9. The molecule has 0 radical (unpaired) electrons. The van der Waals surface area contributed by atoms with Gasteiger partial charge in [0.05, 0.1) is 6.04 Å². The quantitative estimate of drug-likeness (QED) is 0.852. The first kappa shape index (κ1) is 12.1. The lowest BCUT2D eigenvalue weighted by molar-refractivity contribution is 0.157. The summed E-state index contributed by atoms with van der Waals surface area (Å²) in [5.74, 6) is 0.472. The Kier molecular flexibility index (Phi) is 2.86. The zero-order chi connectivity index (χ0) is 13.5. The van der Waals surface area contributed by atoms with Crippen LogP contribution in [0.15, 0.2) is 54.6 Å². The van der Waals surface area contributed by atoms with E-state index in [1.165, 1.54) is 16.7 Å². The molecule has 1 N–H and O–H groups in total. The summed E-state index contributed by atoms with van der Waals surface area (Å²) in [5, 5.41) is 3.77. The van der Waals surface area contributed by atoms with Crippen LogP contribution in [0.5, 0.6) is 0 Å². The first-order valence-electron chi connectivity index (χ1n) is 7.43. The molecule has 20 heavy (non-hydrogen) atoms. The third-order valence-corrected chi connectivity index (χ3v) is 4.83. The fourth-order valence-electron chi connectivity index (χ4n) is 3.97. The molecule has 0 spiro atoms. The van der Waals surface area contributed by atoms with E-state index in [-0.39, 0.29) is 0 Å². The number of hydrogen-bond acceptors (Lipinski definition) is 2. The molecule has 2 aliphatic rings. The second kappa shape index (κ2) is 4.72. The van der Waals surface area contributed by atoms with Crippen LogP contribution in [0.2, 0.25) is 0 Å². The van der Waals surface area contributed by atoms with Crippen molar-refractivity contribution in [1.82, 2.24) is 10.2 Å². The number of hydrogen-bond donors (Lipinski definition) is 1. The van der Waals surface area contributed by atoms with Crippen LogP contribution in [-0.2, 0) is 0 Å². The molecule has 4 rings (SSSR count). The highest BCUT2D eigenvalue weighted by molar-refractivity contribution is 5.48. The molecule has 0 aromatic heterocycles. The molecule has 1 aliphatic carbocycles. The molecule has 2 nitrogen and oxygen atoms in total. The van der Waals surface area contributed by atoms with Gasteiger partial charge >= 0.3 is 0 Å². The highest BCUT2D eigenvalue weighted by atomic mass is 15.2. The van der Waals surface area contributed by atoms with E-state index in [9.17, 15) is 0 Å². The van der Waals surface area contributed by atoms with Crippen LogP contribution in [0.3, 0.4) is 0 Å². The first-order valence-corrected chi connectivity index (χ1v) is 7.43. The lowest BCUT2D eigenvalue weighted by Crippen LogP contribution is -2.50. The maximum absolute atomic E-state index is 3.77. The largest absolute Gasteiger partial charge is 0.310 e. The monoisotopic (exact) mass is 264 g/mol. The van der Waals surface area contributed by atoms with Crippen molar-refractivity contribution in [2.45, 2.75) is 18.0 Å². The molecule has 0 saturated carbocycles. The van der Waals surface area contributed by atoms with Crippen molar-refractivity contribution in [2.75, 3.05) is 20.1 Å². The Bertz CT molecular complexity index is 608. The Morgan fingerprint density at radius 2 is 1.65 bits per heavy atom. The van der Waals surface area contributed by atoms with Crippen LogP contribution in [0.1, 0.15) is 28.7 Å². The minimum atomic E-state index is 0.472. The topological polar surface area (TPSA) is 15.3 Å². The van der Waals surface area contributed by atoms with Gasteiger partial charge in [0.15, 0.2) is 0 Å². The van der Waals surface area contributed by atoms with Crippen molar-refractivity contribution in [2.24, 2.45) is 0 Å². The molecule has 2 heteroatoms. The minimum absolute atomic E-state index is 0.472. The summed E-state index contributed by atoms with van der Waals surface area (Å²) in [6.45, 7) is 2.20. The van der Waals surface area contributed by atoms with E-state index in [0.717, 1.165) is 13.1 Å². The van der Waals surface area contributed by atoms with Crippen molar-refractivity contribution in [3.63, 3.8) is 0 Å². The van der Waals surface area contributed by atoms with Gasteiger partial charge in [-0.1, -0.05) is 54.6 Å². The van der Waals surface area contributed by atoms with Crippen molar-refractivity contribution >= 4 is 0 Å². The molecule has 1 heterocycles. The first-order chi connectivity index (χ1) is 9.86. The number of nitrogens with one attached hydrogen (secondary N) is 1. The van der Waals surface area contributed by atoms with E-state index in [0.29, 0.717) is 18.0 Å². The van der Waals surface area contributed by atoms with E-state index >= 15 is 0 Å². The van der Waals surface area contributed by atoms with Crippen molar-refractivity contribution < 1.29 is 0 Å². The smallest absolute Gasteiger partial charge is 0.0511 e. The minimum Gasteiger partial charge on any atom is -0.310 e. The summed E-state index contributed by atoms with van der Waals surface area (Å²) in [5.41, 5.74) is 4.42. The molecule has 0 bridgehead atoms. The summed E-state index contributed by atoms with van der Waals surface area (Å²) in [4.78, 5) is 2.50. The van der Waals surface area contributed by atoms with Crippen LogP contribution in [0, 0.1) is 0 Å². The average molecular weight is 264 g/mol. The zero-order valence-corrected chi connectivity index (χ0v) is 11.8. The molecule has 1 fully saturated rings. The third kappa shape index (κ3) is 1.72. The second-order valence-electron chi connectivity index (χ2n) is 5.92. The fourth-order valence-corrected chi connectivity index (χ4v) is 3.97. The van der Waals surface area contributed by atoms with Crippen LogP contribution in [0.25, 0.3) is 0 Å². The van der Waals surface area contributed by atoms with E-state index in [4.69, 9.17) is 0 Å².